The Kier molecular flexibility index (Phi) is 6.10. The highest BCUT2D eigenvalue weighted by Crippen LogP contribution is 2.64. The maximum atomic E-state index is 2.48. The summed E-state index contributed by atoms with van der Waals surface area (Å²) in [6.45, 7) is 0. The van der Waals surface area contributed by atoms with Gasteiger partial charge < -0.3 is 0 Å². The van der Waals surface area contributed by atoms with Crippen LogP contribution in [-0.4, -0.2) is 0 Å². The van der Waals surface area contributed by atoms with Gasteiger partial charge in [0.15, 0.2) is 0 Å². The molecule has 0 heterocycles. The summed E-state index contributed by atoms with van der Waals surface area (Å²) in [5.41, 5.74) is 9.65. The number of rotatable bonds is 0. The van der Waals surface area contributed by atoms with Gasteiger partial charge in [-0.1, -0.05) is 150 Å². The summed E-state index contributed by atoms with van der Waals surface area (Å²) >= 11 is 0. The second-order valence-corrected chi connectivity index (χ2v) is 11.2. The van der Waals surface area contributed by atoms with Crippen molar-refractivity contribution in [2.24, 2.45) is 0 Å². The third-order valence-corrected chi connectivity index (χ3v) is 9.39. The summed E-state index contributed by atoms with van der Waals surface area (Å²) in [5, 5.41) is 0. The van der Waals surface area contributed by atoms with Crippen LogP contribution in [0.2, 0.25) is 0 Å². The van der Waals surface area contributed by atoms with Gasteiger partial charge in [-0.25, -0.2) is 0 Å². The van der Waals surface area contributed by atoms with E-state index in [1.165, 1.54) is 89.9 Å². The Morgan fingerprint density at radius 1 is 0.294 bits per heavy atom. The zero-order valence-corrected chi connectivity index (χ0v) is 20.8. The van der Waals surface area contributed by atoms with E-state index in [1.54, 1.807) is 33.4 Å². The first-order valence-electron chi connectivity index (χ1n) is 14.2. The highest BCUT2D eigenvalue weighted by Gasteiger charge is 2.57. The van der Waals surface area contributed by atoms with Gasteiger partial charge in [0, 0.05) is 10.8 Å². The molecule has 0 saturated heterocycles. The number of benzene rings is 3. The molecule has 4 aliphatic carbocycles. The molecule has 2 bridgehead atoms. The van der Waals surface area contributed by atoms with E-state index >= 15 is 0 Å². The van der Waals surface area contributed by atoms with Crippen molar-refractivity contribution >= 4 is 0 Å². The van der Waals surface area contributed by atoms with Crippen LogP contribution in [0.4, 0.5) is 0 Å². The molecule has 0 unspecified atom stereocenters. The maximum absolute atomic E-state index is 2.48. The predicted octanol–water partition coefficient (Wildman–Crippen LogP) is 9.46. The Bertz CT molecular complexity index is 929. The molecular weight excluding hydrogens is 408 g/mol. The Morgan fingerprint density at radius 3 is 0.735 bits per heavy atom. The summed E-state index contributed by atoms with van der Waals surface area (Å²) in [6.07, 6.45) is 19.2. The van der Waals surface area contributed by atoms with E-state index in [0.717, 1.165) is 0 Å². The molecule has 0 aliphatic heterocycles. The molecule has 0 radical (unpaired) electrons. The van der Waals surface area contributed by atoms with Gasteiger partial charge in [-0.2, -0.15) is 0 Å². The molecule has 0 heteroatoms. The van der Waals surface area contributed by atoms with E-state index in [9.17, 15) is 0 Å². The normalized spacial score (nSPS) is 27.2. The SMILES string of the molecule is c1ccc2c(c1)C13CCCCCCCCCCCCCCC2(c2ccccc21)c1ccccc13. The topological polar surface area (TPSA) is 0 Å². The molecule has 0 aromatic heterocycles. The van der Waals surface area contributed by atoms with Crippen LogP contribution in [0.15, 0.2) is 72.8 Å². The van der Waals surface area contributed by atoms with Gasteiger partial charge in [0.25, 0.3) is 0 Å². The smallest absolute Gasteiger partial charge is 0.0460 e. The van der Waals surface area contributed by atoms with E-state index in [4.69, 9.17) is 0 Å². The van der Waals surface area contributed by atoms with Crippen molar-refractivity contribution in [3.8, 4) is 0 Å². The third-order valence-electron chi connectivity index (χ3n) is 9.39. The average Bonchev–Trinajstić information content (AvgIpc) is 2.89. The fraction of sp³-hybridized carbons (Fsp3) is 0.471. The minimum atomic E-state index is 0.0109. The Hall–Kier alpha value is -2.34. The van der Waals surface area contributed by atoms with Crippen molar-refractivity contribution in [2.45, 2.75) is 101 Å². The molecule has 4 aliphatic rings. The average molecular weight is 449 g/mol. The van der Waals surface area contributed by atoms with E-state index < -0.39 is 0 Å². The van der Waals surface area contributed by atoms with Crippen LogP contribution in [0.25, 0.3) is 0 Å². The quantitative estimate of drug-likeness (QED) is 0.321. The third kappa shape index (κ3) is 3.32. The van der Waals surface area contributed by atoms with Gasteiger partial charge in [-0.15, -0.1) is 0 Å². The van der Waals surface area contributed by atoms with Crippen LogP contribution in [0, 0.1) is 0 Å². The van der Waals surface area contributed by atoms with Crippen molar-refractivity contribution in [3.63, 3.8) is 0 Å². The molecule has 0 atom stereocenters. The van der Waals surface area contributed by atoms with Crippen LogP contribution in [0.3, 0.4) is 0 Å². The summed E-state index contributed by atoms with van der Waals surface area (Å²) in [6, 6.07) is 28.7. The van der Waals surface area contributed by atoms with Gasteiger partial charge in [-0.3, -0.25) is 0 Å². The number of hydrogen-bond donors (Lipinski definition) is 0. The predicted molar refractivity (Wildman–Crippen MR) is 144 cm³/mol. The zero-order valence-electron chi connectivity index (χ0n) is 20.8. The van der Waals surface area contributed by atoms with Gasteiger partial charge in [0.05, 0.1) is 0 Å². The molecule has 0 nitrogen and oxygen atoms in total. The lowest BCUT2D eigenvalue weighted by Crippen LogP contribution is -2.50. The van der Waals surface area contributed by atoms with Crippen molar-refractivity contribution in [2.75, 3.05) is 0 Å². The molecule has 0 fully saturated rings. The summed E-state index contributed by atoms with van der Waals surface area (Å²) in [5.74, 6) is 0. The minimum absolute atomic E-state index is 0.0109. The van der Waals surface area contributed by atoms with Crippen LogP contribution in [0.1, 0.15) is 123 Å². The first kappa shape index (κ1) is 22.1. The van der Waals surface area contributed by atoms with Gasteiger partial charge in [0.1, 0.15) is 0 Å². The highest BCUT2D eigenvalue weighted by atomic mass is 14.6. The standard InChI is InChI=1S/C34H40/c1-2-4-6-8-10-18-26-34-30-22-14-11-19-27(30)33(25-17-9-7-5-3-1,28-20-12-15-23-31(28)34)29-21-13-16-24-32(29)34/h11-16,19-24H,1-10,17-18,25-26H2. The molecule has 0 spiro atoms. The Balaban J connectivity index is 1.53. The highest BCUT2D eigenvalue weighted by molar-refractivity contribution is 5.75. The molecule has 0 saturated carbocycles. The first-order valence-corrected chi connectivity index (χ1v) is 14.2. The summed E-state index contributed by atoms with van der Waals surface area (Å²) in [7, 11) is 0. The Labute approximate surface area is 206 Å². The summed E-state index contributed by atoms with van der Waals surface area (Å²) < 4.78 is 0. The number of hydrogen-bond acceptors (Lipinski definition) is 0. The molecule has 0 N–H and O–H groups in total. The molecule has 7 rings (SSSR count). The van der Waals surface area contributed by atoms with Crippen LogP contribution >= 0.6 is 0 Å². The van der Waals surface area contributed by atoms with E-state index in [1.807, 2.05) is 0 Å². The monoisotopic (exact) mass is 448 g/mol. The maximum Gasteiger partial charge on any atom is 0.0460 e. The van der Waals surface area contributed by atoms with Crippen LogP contribution in [0.5, 0.6) is 0 Å². The first-order chi connectivity index (χ1) is 16.9. The molecular formula is C34H40. The molecule has 3 aromatic rings. The molecule has 3 aromatic carbocycles. The fourth-order valence-electron chi connectivity index (χ4n) is 7.91. The largest absolute Gasteiger partial charge is 0.0619 e. The van der Waals surface area contributed by atoms with Gasteiger partial charge in [0.2, 0.25) is 0 Å². The van der Waals surface area contributed by atoms with Crippen molar-refractivity contribution < 1.29 is 0 Å². The van der Waals surface area contributed by atoms with Crippen molar-refractivity contribution in [3.05, 3.63) is 106 Å². The van der Waals surface area contributed by atoms with Crippen molar-refractivity contribution in [1.29, 1.82) is 0 Å². The lowest BCUT2D eigenvalue weighted by Gasteiger charge is -2.57. The van der Waals surface area contributed by atoms with Crippen LogP contribution < -0.4 is 0 Å². The molecule has 176 valence electrons. The van der Waals surface area contributed by atoms with Gasteiger partial charge >= 0.3 is 0 Å². The fourth-order valence-corrected chi connectivity index (χ4v) is 7.91. The lowest BCUT2D eigenvalue weighted by molar-refractivity contribution is 0.393. The second kappa shape index (κ2) is 9.37. The van der Waals surface area contributed by atoms with E-state index in [0.29, 0.717) is 0 Å². The van der Waals surface area contributed by atoms with Crippen molar-refractivity contribution in [1.82, 2.24) is 0 Å². The molecule has 0 amide bonds. The van der Waals surface area contributed by atoms with Gasteiger partial charge in [-0.05, 0) is 46.2 Å². The van der Waals surface area contributed by atoms with E-state index in [2.05, 4.69) is 72.8 Å². The Morgan fingerprint density at radius 2 is 0.500 bits per heavy atom. The van der Waals surface area contributed by atoms with Crippen LogP contribution in [-0.2, 0) is 10.8 Å². The second-order valence-electron chi connectivity index (χ2n) is 11.2. The zero-order chi connectivity index (χ0) is 22.8. The minimum Gasteiger partial charge on any atom is -0.0619 e. The lowest BCUT2D eigenvalue weighted by atomic mass is 9.45. The van der Waals surface area contributed by atoms with E-state index in [-0.39, 0.29) is 10.8 Å². The summed E-state index contributed by atoms with van der Waals surface area (Å²) in [4.78, 5) is 0. The molecule has 34 heavy (non-hydrogen) atoms.